The minimum atomic E-state index is -0.167. The molecule has 0 saturated heterocycles. The van der Waals surface area contributed by atoms with Gasteiger partial charge in [-0.1, -0.05) is 36.4 Å². The van der Waals surface area contributed by atoms with Gasteiger partial charge in [0.1, 0.15) is 5.82 Å². The molecule has 5 nitrogen and oxygen atoms in total. The van der Waals surface area contributed by atoms with Crippen molar-refractivity contribution in [2.75, 3.05) is 11.1 Å². The van der Waals surface area contributed by atoms with Crippen LogP contribution in [-0.4, -0.2) is 9.97 Å². The van der Waals surface area contributed by atoms with Crippen molar-refractivity contribution in [2.24, 2.45) is 0 Å². The number of fused-ring (bicyclic) bond motifs is 1. The Labute approximate surface area is 158 Å². The summed E-state index contributed by atoms with van der Waals surface area (Å²) >= 11 is 0. The van der Waals surface area contributed by atoms with Crippen molar-refractivity contribution in [2.45, 2.75) is 38.5 Å². The van der Waals surface area contributed by atoms with Gasteiger partial charge in [0.25, 0.3) is 5.56 Å². The first-order valence-corrected chi connectivity index (χ1v) is 9.50. The summed E-state index contributed by atoms with van der Waals surface area (Å²) in [6.07, 6.45) is 5.85. The van der Waals surface area contributed by atoms with Crippen LogP contribution in [0.5, 0.6) is 0 Å². The van der Waals surface area contributed by atoms with Crippen LogP contribution in [-0.2, 0) is 25.7 Å². The second-order valence-electron chi connectivity index (χ2n) is 7.08. The number of hydrogen-bond acceptors (Lipinski definition) is 4. The van der Waals surface area contributed by atoms with E-state index in [1.165, 1.54) is 23.1 Å². The number of nitrogens with one attached hydrogen (secondary N) is 2. The second kappa shape index (κ2) is 7.66. The summed E-state index contributed by atoms with van der Waals surface area (Å²) in [5.74, 6) is 0.692. The maximum atomic E-state index is 12.5. The van der Waals surface area contributed by atoms with Gasteiger partial charge in [-0.2, -0.15) is 4.98 Å². The van der Waals surface area contributed by atoms with Crippen molar-refractivity contribution in [3.8, 4) is 0 Å². The molecule has 0 spiro atoms. The zero-order chi connectivity index (χ0) is 18.6. The van der Waals surface area contributed by atoms with Gasteiger partial charge in [0.05, 0.1) is 5.56 Å². The molecule has 27 heavy (non-hydrogen) atoms. The summed E-state index contributed by atoms with van der Waals surface area (Å²) in [4.78, 5) is 19.6. The van der Waals surface area contributed by atoms with Gasteiger partial charge in [0.15, 0.2) is 0 Å². The van der Waals surface area contributed by atoms with E-state index < -0.39 is 0 Å². The number of rotatable bonds is 6. The zero-order valence-corrected chi connectivity index (χ0v) is 15.3. The van der Waals surface area contributed by atoms with Crippen molar-refractivity contribution in [3.05, 3.63) is 81.1 Å². The summed E-state index contributed by atoms with van der Waals surface area (Å²) in [5.41, 5.74) is 11.4. The molecule has 0 radical (unpaired) electrons. The molecule has 5 heteroatoms. The van der Waals surface area contributed by atoms with Crippen LogP contribution in [0.15, 0.2) is 53.3 Å². The fourth-order valence-corrected chi connectivity index (χ4v) is 3.72. The van der Waals surface area contributed by atoms with E-state index >= 15 is 0 Å². The van der Waals surface area contributed by atoms with Crippen LogP contribution in [0.4, 0.5) is 17.5 Å². The number of aryl methyl sites for hydroxylation is 3. The largest absolute Gasteiger partial charge is 0.383 e. The first-order chi connectivity index (χ1) is 13.2. The topological polar surface area (TPSA) is 83.8 Å². The Morgan fingerprint density at radius 1 is 1.04 bits per heavy atom. The van der Waals surface area contributed by atoms with E-state index in [4.69, 9.17) is 5.73 Å². The lowest BCUT2D eigenvalue weighted by Crippen LogP contribution is -2.19. The Morgan fingerprint density at radius 2 is 1.85 bits per heavy atom. The molecule has 1 aliphatic rings. The molecule has 4 rings (SSSR count). The number of aromatic nitrogens is 2. The predicted octanol–water partition coefficient (Wildman–Crippen LogP) is 3.76. The molecule has 138 valence electrons. The standard InChI is InChI=1S/C22H24N4O/c23-20-19(11-4-8-15-6-2-1-3-7-15)21(27)26-22(25-20)24-18-13-12-16-9-5-10-17(16)14-18/h1-3,6-7,12-14H,4-5,8-11H2,(H4,23,24,25,26,27). The highest BCUT2D eigenvalue weighted by Crippen LogP contribution is 2.26. The monoisotopic (exact) mass is 360 g/mol. The lowest BCUT2D eigenvalue weighted by atomic mass is 10.1. The molecule has 0 bridgehead atoms. The highest BCUT2D eigenvalue weighted by atomic mass is 16.1. The van der Waals surface area contributed by atoms with Gasteiger partial charge >= 0.3 is 0 Å². The van der Waals surface area contributed by atoms with Crippen LogP contribution >= 0.6 is 0 Å². The van der Waals surface area contributed by atoms with Crippen LogP contribution in [0.2, 0.25) is 0 Å². The van der Waals surface area contributed by atoms with Crippen LogP contribution in [0.3, 0.4) is 0 Å². The number of nitrogens with two attached hydrogens (primary N) is 1. The van der Waals surface area contributed by atoms with E-state index in [1.54, 1.807) is 0 Å². The number of nitrogens with zero attached hydrogens (tertiary/aromatic N) is 1. The number of hydrogen-bond donors (Lipinski definition) is 3. The average molecular weight is 360 g/mol. The third-order valence-corrected chi connectivity index (χ3v) is 5.14. The lowest BCUT2D eigenvalue weighted by Gasteiger charge is -2.10. The molecule has 4 N–H and O–H groups in total. The van der Waals surface area contributed by atoms with Gasteiger partial charge in [0.2, 0.25) is 5.95 Å². The summed E-state index contributed by atoms with van der Waals surface area (Å²) in [7, 11) is 0. The molecular formula is C22H24N4O. The van der Waals surface area contributed by atoms with Crippen LogP contribution in [0, 0.1) is 0 Å². The van der Waals surface area contributed by atoms with Gasteiger partial charge in [-0.25, -0.2) is 0 Å². The Bertz CT molecular complexity index is 995. The minimum Gasteiger partial charge on any atom is -0.383 e. The molecule has 0 atom stereocenters. The first kappa shape index (κ1) is 17.3. The smallest absolute Gasteiger partial charge is 0.257 e. The lowest BCUT2D eigenvalue weighted by molar-refractivity contribution is 0.807. The quantitative estimate of drug-likeness (QED) is 0.625. The Kier molecular flexibility index (Phi) is 4.92. The van der Waals surface area contributed by atoms with Crippen molar-refractivity contribution < 1.29 is 0 Å². The summed E-state index contributed by atoms with van der Waals surface area (Å²) < 4.78 is 0. The Morgan fingerprint density at radius 3 is 2.67 bits per heavy atom. The van der Waals surface area contributed by atoms with Crippen molar-refractivity contribution in [3.63, 3.8) is 0 Å². The highest BCUT2D eigenvalue weighted by molar-refractivity contribution is 5.58. The van der Waals surface area contributed by atoms with Gasteiger partial charge < -0.3 is 11.1 Å². The normalized spacial score (nSPS) is 12.7. The van der Waals surface area contributed by atoms with E-state index in [0.717, 1.165) is 31.4 Å². The van der Waals surface area contributed by atoms with E-state index in [2.05, 4.69) is 39.6 Å². The molecule has 0 aliphatic heterocycles. The number of anilines is 3. The van der Waals surface area contributed by atoms with Gasteiger partial charge in [-0.05, 0) is 67.3 Å². The number of H-pyrrole nitrogens is 1. The van der Waals surface area contributed by atoms with E-state index in [-0.39, 0.29) is 5.56 Å². The minimum absolute atomic E-state index is 0.167. The molecule has 1 aromatic heterocycles. The number of nitrogen functional groups attached to an aromatic ring is 1. The molecule has 1 aliphatic carbocycles. The predicted molar refractivity (Wildman–Crippen MR) is 109 cm³/mol. The molecule has 3 aromatic rings. The first-order valence-electron chi connectivity index (χ1n) is 9.50. The van der Waals surface area contributed by atoms with E-state index in [9.17, 15) is 4.79 Å². The third kappa shape index (κ3) is 4.03. The molecule has 0 saturated carbocycles. The summed E-state index contributed by atoms with van der Waals surface area (Å²) in [6, 6.07) is 16.5. The second-order valence-corrected chi connectivity index (χ2v) is 7.08. The molecule has 0 amide bonds. The zero-order valence-electron chi connectivity index (χ0n) is 15.3. The Balaban J connectivity index is 1.44. The molecule has 0 unspecified atom stereocenters. The number of aromatic amines is 1. The van der Waals surface area contributed by atoms with Gasteiger partial charge in [-0.15, -0.1) is 0 Å². The third-order valence-electron chi connectivity index (χ3n) is 5.14. The van der Waals surface area contributed by atoms with E-state index in [1.807, 2.05) is 24.3 Å². The van der Waals surface area contributed by atoms with Crippen molar-refractivity contribution >= 4 is 17.5 Å². The molecule has 2 aromatic carbocycles. The summed E-state index contributed by atoms with van der Waals surface area (Å²) in [5, 5.41) is 3.18. The van der Waals surface area contributed by atoms with Crippen molar-refractivity contribution in [1.29, 1.82) is 0 Å². The fraction of sp³-hybridized carbons (Fsp3) is 0.273. The van der Waals surface area contributed by atoms with Crippen LogP contribution < -0.4 is 16.6 Å². The number of benzene rings is 2. The highest BCUT2D eigenvalue weighted by Gasteiger charge is 2.12. The van der Waals surface area contributed by atoms with Crippen LogP contribution in [0.1, 0.15) is 35.1 Å². The van der Waals surface area contributed by atoms with Crippen LogP contribution in [0.25, 0.3) is 0 Å². The summed E-state index contributed by atoms with van der Waals surface area (Å²) in [6.45, 7) is 0. The van der Waals surface area contributed by atoms with Gasteiger partial charge in [0, 0.05) is 5.69 Å². The fourth-order valence-electron chi connectivity index (χ4n) is 3.72. The molecule has 0 fully saturated rings. The molecular weight excluding hydrogens is 336 g/mol. The van der Waals surface area contributed by atoms with Crippen molar-refractivity contribution in [1.82, 2.24) is 9.97 Å². The van der Waals surface area contributed by atoms with Gasteiger partial charge in [-0.3, -0.25) is 9.78 Å². The average Bonchev–Trinajstić information content (AvgIpc) is 3.13. The SMILES string of the molecule is Nc1nc(Nc2ccc3c(c2)CCC3)[nH]c(=O)c1CCCc1ccccc1. The van der Waals surface area contributed by atoms with E-state index in [0.29, 0.717) is 23.8 Å². The maximum Gasteiger partial charge on any atom is 0.257 e. The molecule has 1 heterocycles. The Hall–Kier alpha value is -3.08. The maximum absolute atomic E-state index is 12.5.